The van der Waals surface area contributed by atoms with E-state index in [4.69, 9.17) is 0 Å². The van der Waals surface area contributed by atoms with Crippen LogP contribution in [0.4, 0.5) is 11.4 Å². The smallest absolute Gasteiger partial charge is 0.275 e. The predicted octanol–water partition coefficient (Wildman–Crippen LogP) is 2.62. The number of rotatable bonds is 7. The van der Waals surface area contributed by atoms with Gasteiger partial charge in [0.2, 0.25) is 5.16 Å². The quantitative estimate of drug-likeness (QED) is 0.196. The highest BCUT2D eigenvalue weighted by molar-refractivity contribution is 7.98. The summed E-state index contributed by atoms with van der Waals surface area (Å²) in [7, 11) is 0. The van der Waals surface area contributed by atoms with Gasteiger partial charge in [-0.05, 0) is 11.6 Å². The third-order valence-electron chi connectivity index (χ3n) is 4.14. The first-order valence-electron chi connectivity index (χ1n) is 8.59. The van der Waals surface area contributed by atoms with E-state index in [0.29, 0.717) is 16.7 Å². The molecular formula is C17H12N8O5S. The van der Waals surface area contributed by atoms with Crippen molar-refractivity contribution in [3.63, 3.8) is 0 Å². The van der Waals surface area contributed by atoms with Crippen molar-refractivity contribution < 1.29 is 15.0 Å². The van der Waals surface area contributed by atoms with Gasteiger partial charge in [-0.2, -0.15) is 19.4 Å². The van der Waals surface area contributed by atoms with Crippen LogP contribution in [0, 0.1) is 20.2 Å². The minimum absolute atomic E-state index is 0.0225. The topological polar surface area (TPSA) is 167 Å². The van der Waals surface area contributed by atoms with Crippen molar-refractivity contribution in [1.29, 1.82) is 0 Å². The van der Waals surface area contributed by atoms with E-state index in [1.165, 1.54) is 57.8 Å². The lowest BCUT2D eigenvalue weighted by Gasteiger charge is -1.99. The van der Waals surface area contributed by atoms with E-state index >= 15 is 0 Å². The molecule has 2 heterocycles. The number of fused-ring (bicyclic) bond motifs is 1. The fourth-order valence-corrected chi connectivity index (χ4v) is 3.40. The lowest BCUT2D eigenvalue weighted by molar-refractivity contribution is -0.385. The molecule has 0 amide bonds. The zero-order valence-corrected chi connectivity index (χ0v) is 16.3. The number of non-ortho nitro benzene ring substituents is 2. The van der Waals surface area contributed by atoms with Crippen molar-refractivity contribution in [2.75, 3.05) is 0 Å². The van der Waals surface area contributed by atoms with Gasteiger partial charge in [0, 0.05) is 29.5 Å². The molecule has 4 aromatic rings. The maximum Gasteiger partial charge on any atom is 0.275 e. The van der Waals surface area contributed by atoms with Gasteiger partial charge in [0.15, 0.2) is 0 Å². The lowest BCUT2D eigenvalue weighted by atomic mass is 10.2. The number of phenolic OH excluding ortho intramolecular Hbond substituents is 1. The Bertz CT molecular complexity index is 1310. The minimum atomic E-state index is -0.605. The first-order chi connectivity index (χ1) is 14.9. The zero-order valence-electron chi connectivity index (χ0n) is 15.5. The number of hydrogen-bond acceptors (Lipinski definition) is 10. The second-order valence-electron chi connectivity index (χ2n) is 6.13. The third-order valence-corrected chi connectivity index (χ3v) is 5.13. The molecular weight excluding hydrogens is 428 g/mol. The van der Waals surface area contributed by atoms with Crippen molar-refractivity contribution in [1.82, 2.24) is 24.5 Å². The molecule has 0 radical (unpaired) electrons. The van der Waals surface area contributed by atoms with Crippen LogP contribution < -0.4 is 0 Å². The Kier molecular flexibility index (Phi) is 5.28. The van der Waals surface area contributed by atoms with Crippen molar-refractivity contribution in [3.8, 4) is 5.75 Å². The number of aromatic hydroxyl groups is 1. The first kappa shape index (κ1) is 20.0. The van der Waals surface area contributed by atoms with Crippen LogP contribution in [0.3, 0.4) is 0 Å². The summed E-state index contributed by atoms with van der Waals surface area (Å²) in [4.78, 5) is 20.4. The zero-order chi connectivity index (χ0) is 22.0. The largest absolute Gasteiger partial charge is 0.507 e. The minimum Gasteiger partial charge on any atom is -0.507 e. The molecule has 0 atom stereocenters. The molecule has 31 heavy (non-hydrogen) atoms. The maximum absolute atomic E-state index is 10.7. The van der Waals surface area contributed by atoms with E-state index in [2.05, 4.69) is 20.4 Å². The van der Waals surface area contributed by atoms with Gasteiger partial charge < -0.3 is 5.11 Å². The maximum atomic E-state index is 10.7. The van der Waals surface area contributed by atoms with Crippen LogP contribution in [0.25, 0.3) is 5.78 Å². The van der Waals surface area contributed by atoms with Gasteiger partial charge in [0.25, 0.3) is 17.2 Å². The van der Waals surface area contributed by atoms with Crippen molar-refractivity contribution >= 4 is 35.1 Å². The standard InChI is InChI=1S/C17H12N8O5S/c26-15-7-14(25(29)30)6-3-12(15)8-18-22-10-19-23-16(22)20-21-17(23)31-9-11-1-4-13(5-2-11)24(27)28/h1-8,10,26H,9H2/b18-8-. The van der Waals surface area contributed by atoms with E-state index < -0.39 is 9.85 Å². The summed E-state index contributed by atoms with van der Waals surface area (Å²) < 4.78 is 2.81. The lowest BCUT2D eigenvalue weighted by Crippen LogP contribution is -1.93. The van der Waals surface area contributed by atoms with Crippen LogP contribution in [-0.4, -0.2) is 45.7 Å². The van der Waals surface area contributed by atoms with Gasteiger partial charge in [-0.3, -0.25) is 20.2 Å². The number of hydrogen-bond donors (Lipinski definition) is 1. The first-order valence-corrected chi connectivity index (χ1v) is 9.57. The molecule has 0 aliphatic rings. The molecule has 0 bridgehead atoms. The Hall–Kier alpha value is -4.33. The summed E-state index contributed by atoms with van der Waals surface area (Å²) in [5.41, 5.74) is 0.948. The van der Waals surface area contributed by atoms with E-state index in [0.717, 1.165) is 11.6 Å². The average molecular weight is 440 g/mol. The van der Waals surface area contributed by atoms with Gasteiger partial charge in [-0.25, -0.2) is 0 Å². The summed E-state index contributed by atoms with van der Waals surface area (Å²) in [6.07, 6.45) is 2.72. The normalized spacial score (nSPS) is 11.4. The summed E-state index contributed by atoms with van der Waals surface area (Å²) >= 11 is 1.35. The SMILES string of the molecule is O=[N+]([O-])c1ccc(CSc2nnc3n(/N=C\c4ccc([N+](=O)[O-])cc4O)cnn23)cc1. The van der Waals surface area contributed by atoms with Gasteiger partial charge in [-0.15, -0.1) is 10.2 Å². The number of thioether (sulfide) groups is 1. The van der Waals surface area contributed by atoms with Crippen LogP contribution in [0.15, 0.2) is 59.0 Å². The summed E-state index contributed by atoms with van der Waals surface area (Å²) in [5, 5.41) is 48.3. The predicted molar refractivity (Wildman–Crippen MR) is 109 cm³/mol. The number of aromatic nitrogens is 5. The van der Waals surface area contributed by atoms with Gasteiger partial charge in [-0.1, -0.05) is 23.9 Å². The summed E-state index contributed by atoms with van der Waals surface area (Å²) in [6.45, 7) is 0. The number of nitro groups is 2. The number of phenols is 1. The Morgan fingerprint density at radius 2 is 1.77 bits per heavy atom. The number of nitrogens with zero attached hydrogens (tertiary/aromatic N) is 8. The molecule has 1 N–H and O–H groups in total. The van der Waals surface area contributed by atoms with E-state index in [1.807, 2.05) is 0 Å². The van der Waals surface area contributed by atoms with Crippen molar-refractivity contribution in [3.05, 3.63) is 80.1 Å². The summed E-state index contributed by atoms with van der Waals surface area (Å²) in [6, 6.07) is 9.88. The Morgan fingerprint density at radius 3 is 2.45 bits per heavy atom. The highest BCUT2D eigenvalue weighted by atomic mass is 32.2. The Balaban J connectivity index is 1.49. The third kappa shape index (κ3) is 4.18. The van der Waals surface area contributed by atoms with E-state index in [-0.39, 0.29) is 22.7 Å². The molecule has 0 spiro atoms. The van der Waals surface area contributed by atoms with Crippen molar-refractivity contribution in [2.45, 2.75) is 10.9 Å². The van der Waals surface area contributed by atoms with Crippen LogP contribution >= 0.6 is 11.8 Å². The molecule has 14 heteroatoms. The van der Waals surface area contributed by atoms with Crippen LogP contribution in [-0.2, 0) is 5.75 Å². The summed E-state index contributed by atoms with van der Waals surface area (Å²) in [5.74, 6) is 0.546. The van der Waals surface area contributed by atoms with Crippen LogP contribution in [0.2, 0.25) is 0 Å². The van der Waals surface area contributed by atoms with Crippen LogP contribution in [0.1, 0.15) is 11.1 Å². The second-order valence-corrected chi connectivity index (χ2v) is 7.07. The molecule has 0 fully saturated rings. The van der Waals surface area contributed by atoms with Gasteiger partial charge >= 0.3 is 0 Å². The van der Waals surface area contributed by atoms with Gasteiger partial charge in [0.05, 0.1) is 22.1 Å². The van der Waals surface area contributed by atoms with Gasteiger partial charge in [0.1, 0.15) is 12.1 Å². The molecule has 4 rings (SSSR count). The number of nitro benzene ring substituents is 2. The van der Waals surface area contributed by atoms with E-state index in [1.54, 1.807) is 12.1 Å². The molecule has 13 nitrogen and oxygen atoms in total. The molecule has 0 aliphatic heterocycles. The fourth-order valence-electron chi connectivity index (χ4n) is 2.57. The monoisotopic (exact) mass is 440 g/mol. The highest BCUT2D eigenvalue weighted by Crippen LogP contribution is 2.24. The Morgan fingerprint density at radius 1 is 1.06 bits per heavy atom. The molecule has 2 aromatic carbocycles. The Labute approximate surface area is 176 Å². The second kappa shape index (κ2) is 8.19. The molecule has 2 aromatic heterocycles. The highest BCUT2D eigenvalue weighted by Gasteiger charge is 2.13. The fraction of sp³-hybridized carbons (Fsp3) is 0.0588. The van der Waals surface area contributed by atoms with E-state index in [9.17, 15) is 25.3 Å². The molecule has 0 saturated carbocycles. The average Bonchev–Trinajstić information content (AvgIpc) is 3.34. The van der Waals surface area contributed by atoms with Crippen molar-refractivity contribution in [2.24, 2.45) is 5.10 Å². The molecule has 0 aliphatic carbocycles. The van der Waals surface area contributed by atoms with Crippen LogP contribution in [0.5, 0.6) is 5.75 Å². The number of benzene rings is 2. The molecule has 156 valence electrons. The molecule has 0 saturated heterocycles. The molecule has 0 unspecified atom stereocenters.